The van der Waals surface area contributed by atoms with Gasteiger partial charge in [-0.1, -0.05) is 0 Å². The van der Waals surface area contributed by atoms with E-state index in [-0.39, 0.29) is 9.54 Å². The summed E-state index contributed by atoms with van der Waals surface area (Å²) in [6, 6.07) is 0. The van der Waals surface area contributed by atoms with Crippen LogP contribution in [0.25, 0.3) is 0 Å². The van der Waals surface area contributed by atoms with E-state index in [0.29, 0.717) is 0 Å². The number of hydrogen-bond acceptors (Lipinski definition) is 6. The van der Waals surface area contributed by atoms with Crippen LogP contribution >= 0.6 is 24.4 Å². The average molecular weight is 290 g/mol. The van der Waals surface area contributed by atoms with Gasteiger partial charge in [0.05, 0.1) is 0 Å². The van der Waals surface area contributed by atoms with Gasteiger partial charge in [0.15, 0.2) is 9.54 Å². The van der Waals surface area contributed by atoms with Gasteiger partial charge in [0.25, 0.3) is 0 Å². The lowest BCUT2D eigenvalue weighted by molar-refractivity contribution is 0.916. The minimum absolute atomic E-state index is 0.0313. The SMILES string of the molecule is O=c1[nH]c(=O)[nH]c(=S)[nH]1.O=c1[nH]c(=O)[nH]c(=S)[nH]1. The van der Waals surface area contributed by atoms with E-state index in [9.17, 15) is 19.2 Å². The van der Waals surface area contributed by atoms with Crippen molar-refractivity contribution < 1.29 is 0 Å². The van der Waals surface area contributed by atoms with Crippen LogP contribution in [-0.4, -0.2) is 29.9 Å². The predicted octanol–water partition coefficient (Wildman–Crippen LogP) is -1.76. The van der Waals surface area contributed by atoms with Crippen LogP contribution in [-0.2, 0) is 0 Å². The normalized spacial score (nSPS) is 9.33. The van der Waals surface area contributed by atoms with Gasteiger partial charge in [-0.3, -0.25) is 29.9 Å². The second kappa shape index (κ2) is 5.83. The first-order valence-electron chi connectivity index (χ1n) is 4.22. The molecule has 0 fully saturated rings. The molecule has 2 heterocycles. The lowest BCUT2D eigenvalue weighted by Gasteiger charge is -1.79. The van der Waals surface area contributed by atoms with Crippen molar-refractivity contribution in [2.75, 3.05) is 0 Å². The van der Waals surface area contributed by atoms with Gasteiger partial charge in [-0.05, 0) is 24.4 Å². The zero-order chi connectivity index (χ0) is 13.7. The third-order valence-electron chi connectivity index (χ3n) is 1.36. The summed E-state index contributed by atoms with van der Waals surface area (Å²) in [5.41, 5.74) is -2.38. The maximum absolute atomic E-state index is 10.3. The van der Waals surface area contributed by atoms with Gasteiger partial charge in [0.2, 0.25) is 0 Å². The molecule has 0 bridgehead atoms. The fourth-order valence-corrected chi connectivity index (χ4v) is 1.18. The van der Waals surface area contributed by atoms with Gasteiger partial charge in [-0.2, -0.15) is 0 Å². The van der Waals surface area contributed by atoms with Crippen molar-refractivity contribution in [2.45, 2.75) is 0 Å². The van der Waals surface area contributed by atoms with Crippen LogP contribution in [0.5, 0.6) is 0 Å². The summed E-state index contributed by atoms with van der Waals surface area (Å²) >= 11 is 8.91. The van der Waals surface area contributed by atoms with Crippen molar-refractivity contribution in [2.24, 2.45) is 0 Å². The topological polar surface area (TPSA) is 163 Å². The van der Waals surface area contributed by atoms with E-state index >= 15 is 0 Å². The van der Waals surface area contributed by atoms with E-state index < -0.39 is 22.8 Å². The molecule has 2 aromatic rings. The number of rotatable bonds is 0. The summed E-state index contributed by atoms with van der Waals surface area (Å²) in [5, 5.41) is 0. The first kappa shape index (κ1) is 13.7. The second-order valence-corrected chi connectivity index (χ2v) is 3.54. The number of H-pyrrole nitrogens is 6. The highest BCUT2D eigenvalue weighted by Gasteiger charge is 1.82. The van der Waals surface area contributed by atoms with Crippen molar-refractivity contribution in [1.29, 1.82) is 0 Å². The summed E-state index contributed by atoms with van der Waals surface area (Å²) in [7, 11) is 0. The van der Waals surface area contributed by atoms with E-state index in [0.717, 1.165) is 0 Å². The second-order valence-electron chi connectivity index (χ2n) is 2.72. The Bertz CT molecular complexity index is 633. The fourth-order valence-electron chi connectivity index (χ4n) is 0.806. The molecular weight excluding hydrogens is 284 g/mol. The molecule has 0 saturated carbocycles. The minimum Gasteiger partial charge on any atom is -0.284 e. The maximum atomic E-state index is 10.3. The van der Waals surface area contributed by atoms with Gasteiger partial charge in [0, 0.05) is 0 Å². The molecule has 0 aliphatic carbocycles. The quantitative estimate of drug-likeness (QED) is 0.315. The summed E-state index contributed by atoms with van der Waals surface area (Å²) in [4.78, 5) is 53.7. The molecule has 0 aromatic carbocycles. The Hall–Kier alpha value is -2.34. The Morgan fingerprint density at radius 3 is 0.889 bits per heavy atom. The summed E-state index contributed by atoms with van der Waals surface area (Å²) in [6.07, 6.45) is 0. The van der Waals surface area contributed by atoms with Crippen molar-refractivity contribution >= 4 is 24.4 Å². The van der Waals surface area contributed by atoms with Crippen LogP contribution in [0.3, 0.4) is 0 Å². The maximum Gasteiger partial charge on any atom is 0.329 e. The van der Waals surface area contributed by atoms with E-state index in [1.54, 1.807) is 0 Å². The Morgan fingerprint density at radius 2 is 0.722 bits per heavy atom. The summed E-state index contributed by atoms with van der Waals surface area (Å²) in [5.74, 6) is 0. The molecule has 0 aliphatic heterocycles. The zero-order valence-electron chi connectivity index (χ0n) is 8.45. The van der Waals surface area contributed by atoms with E-state index in [4.69, 9.17) is 0 Å². The van der Waals surface area contributed by atoms with E-state index in [1.807, 2.05) is 9.97 Å². The summed E-state index contributed by atoms with van der Waals surface area (Å²) in [6.45, 7) is 0. The highest BCUT2D eigenvalue weighted by Crippen LogP contribution is 1.59. The highest BCUT2D eigenvalue weighted by molar-refractivity contribution is 7.71. The smallest absolute Gasteiger partial charge is 0.284 e. The Kier molecular flexibility index (Phi) is 4.45. The molecule has 0 atom stereocenters. The van der Waals surface area contributed by atoms with Crippen molar-refractivity contribution in [1.82, 2.24) is 29.9 Å². The zero-order valence-corrected chi connectivity index (χ0v) is 10.1. The average Bonchev–Trinajstić information content (AvgIpc) is 2.12. The van der Waals surface area contributed by atoms with E-state index in [2.05, 4.69) is 44.4 Å². The molecule has 0 amide bonds. The van der Waals surface area contributed by atoms with E-state index in [1.165, 1.54) is 0 Å². The lowest BCUT2D eigenvalue weighted by atomic mass is 11.0. The van der Waals surface area contributed by atoms with Gasteiger partial charge in [0.1, 0.15) is 0 Å². The Labute approximate surface area is 106 Å². The highest BCUT2D eigenvalue weighted by atomic mass is 32.1. The van der Waals surface area contributed by atoms with Gasteiger partial charge >= 0.3 is 22.8 Å². The first-order chi connectivity index (χ1) is 8.36. The predicted molar refractivity (Wildman–Crippen MR) is 65.7 cm³/mol. The van der Waals surface area contributed by atoms with Gasteiger partial charge < -0.3 is 0 Å². The molecule has 96 valence electrons. The molecule has 0 spiro atoms. The molecule has 0 radical (unpaired) electrons. The lowest BCUT2D eigenvalue weighted by Crippen LogP contribution is -2.24. The number of hydrogen-bond donors (Lipinski definition) is 6. The van der Waals surface area contributed by atoms with Gasteiger partial charge in [-0.15, -0.1) is 0 Å². The van der Waals surface area contributed by atoms with Crippen LogP contribution in [0.4, 0.5) is 0 Å². The molecule has 2 aromatic heterocycles. The largest absolute Gasteiger partial charge is 0.329 e. The number of aromatic amines is 6. The third-order valence-corrected chi connectivity index (χ3v) is 1.77. The fraction of sp³-hybridized carbons (Fsp3) is 0. The molecular formula is C6H6N6O4S2. The van der Waals surface area contributed by atoms with Crippen LogP contribution in [0.15, 0.2) is 19.2 Å². The van der Waals surface area contributed by atoms with Crippen molar-refractivity contribution in [3.63, 3.8) is 0 Å². The minimum atomic E-state index is -0.594. The molecule has 12 heteroatoms. The van der Waals surface area contributed by atoms with Gasteiger partial charge in [-0.25, -0.2) is 19.2 Å². The Balaban J connectivity index is 0.000000180. The standard InChI is InChI=1S/2C3H3N3O2S/c2*7-1-4-2(8)6-3(9)5-1/h2*(H3,4,5,6,7,8,9). The number of aromatic nitrogens is 6. The molecule has 2 rings (SSSR count). The van der Waals surface area contributed by atoms with Crippen molar-refractivity contribution in [3.05, 3.63) is 51.5 Å². The molecule has 0 saturated heterocycles. The monoisotopic (exact) mass is 290 g/mol. The van der Waals surface area contributed by atoms with Crippen LogP contribution in [0.1, 0.15) is 0 Å². The van der Waals surface area contributed by atoms with Crippen molar-refractivity contribution in [3.8, 4) is 0 Å². The molecule has 0 aliphatic rings. The summed E-state index contributed by atoms with van der Waals surface area (Å²) < 4.78 is 0.0625. The first-order valence-corrected chi connectivity index (χ1v) is 5.04. The molecule has 10 nitrogen and oxygen atoms in total. The van der Waals surface area contributed by atoms with Crippen LogP contribution in [0, 0.1) is 9.54 Å². The van der Waals surface area contributed by atoms with Crippen LogP contribution < -0.4 is 22.8 Å². The molecule has 18 heavy (non-hydrogen) atoms. The molecule has 6 N–H and O–H groups in total. The van der Waals surface area contributed by atoms with Crippen LogP contribution in [0.2, 0.25) is 0 Å². The Morgan fingerprint density at radius 1 is 0.500 bits per heavy atom. The molecule has 0 unspecified atom stereocenters. The number of nitrogens with one attached hydrogen (secondary N) is 6. The third kappa shape index (κ3) is 4.67.